The second kappa shape index (κ2) is 9.73. The lowest BCUT2D eigenvalue weighted by atomic mass is 10.1. The van der Waals surface area contributed by atoms with Gasteiger partial charge in [0.2, 0.25) is 0 Å². The van der Waals surface area contributed by atoms with Crippen LogP contribution in [0.15, 0.2) is 54.7 Å². The molecular weight excluding hydrogens is 488 g/mol. The molecular formula is C26H24ClF2N5O2. The Morgan fingerprint density at radius 3 is 2.44 bits per heavy atom. The highest BCUT2D eigenvalue weighted by Crippen LogP contribution is 2.29. The van der Waals surface area contributed by atoms with Crippen molar-refractivity contribution >= 4 is 28.8 Å². The number of rotatable bonds is 5. The maximum Gasteiger partial charge on any atom is 0.280 e. The Bertz CT molecular complexity index is 1420. The number of methoxy groups -OCH3 is 1. The van der Waals surface area contributed by atoms with Crippen molar-refractivity contribution < 1.29 is 18.3 Å². The van der Waals surface area contributed by atoms with E-state index < -0.39 is 6.43 Å². The highest BCUT2D eigenvalue weighted by atomic mass is 35.5. The molecule has 36 heavy (non-hydrogen) atoms. The fourth-order valence-corrected chi connectivity index (χ4v) is 4.61. The molecule has 1 fully saturated rings. The molecule has 0 bridgehead atoms. The molecule has 1 aliphatic rings. The number of carbonyl (C=O) groups excluding carboxylic acids is 1. The lowest BCUT2D eigenvalue weighted by Gasteiger charge is -2.36. The van der Waals surface area contributed by atoms with E-state index in [0.29, 0.717) is 48.2 Å². The number of fused-ring (bicyclic) bond motifs is 1. The molecule has 0 radical (unpaired) electrons. The van der Waals surface area contributed by atoms with Crippen LogP contribution in [0.25, 0.3) is 16.9 Å². The number of carbonyl (C=O) groups is 1. The van der Waals surface area contributed by atoms with Gasteiger partial charge in [-0.15, -0.1) is 0 Å². The topological polar surface area (TPSA) is 63.0 Å². The van der Waals surface area contributed by atoms with Gasteiger partial charge in [-0.3, -0.25) is 4.79 Å². The first kappa shape index (κ1) is 24.0. The average molecular weight is 512 g/mol. The third-order valence-corrected chi connectivity index (χ3v) is 6.65. The van der Waals surface area contributed by atoms with Crippen LogP contribution in [0.3, 0.4) is 0 Å². The van der Waals surface area contributed by atoms with Crippen LogP contribution in [0, 0.1) is 6.92 Å². The molecule has 1 amide bonds. The number of aryl methyl sites for hydroxylation is 1. The molecule has 3 heterocycles. The Hall–Kier alpha value is -3.72. The van der Waals surface area contributed by atoms with E-state index in [0.717, 1.165) is 15.8 Å². The van der Waals surface area contributed by atoms with Gasteiger partial charge in [-0.05, 0) is 55.0 Å². The third kappa shape index (κ3) is 4.46. The van der Waals surface area contributed by atoms with Gasteiger partial charge in [-0.1, -0.05) is 17.7 Å². The van der Waals surface area contributed by atoms with Crippen molar-refractivity contribution in [3.05, 3.63) is 76.6 Å². The number of hydrogen-bond acceptors (Lipinski definition) is 5. The molecule has 7 nitrogen and oxygen atoms in total. The summed E-state index contributed by atoms with van der Waals surface area (Å²) in [6.07, 6.45) is -1.47. The van der Waals surface area contributed by atoms with E-state index >= 15 is 0 Å². The first-order valence-corrected chi connectivity index (χ1v) is 11.8. The maximum atomic E-state index is 13.9. The van der Waals surface area contributed by atoms with E-state index in [9.17, 15) is 13.6 Å². The van der Waals surface area contributed by atoms with E-state index in [4.69, 9.17) is 16.3 Å². The van der Waals surface area contributed by atoms with Crippen LogP contribution in [0.5, 0.6) is 5.75 Å². The van der Waals surface area contributed by atoms with Gasteiger partial charge in [0.1, 0.15) is 17.0 Å². The minimum Gasteiger partial charge on any atom is -0.497 e. The Morgan fingerprint density at radius 1 is 1.06 bits per heavy atom. The van der Waals surface area contributed by atoms with Crippen molar-refractivity contribution in [2.45, 2.75) is 13.3 Å². The van der Waals surface area contributed by atoms with Gasteiger partial charge in [0.15, 0.2) is 5.65 Å². The number of nitrogens with zero attached hydrogens (tertiary/aromatic N) is 5. The smallest absolute Gasteiger partial charge is 0.280 e. The SMILES string of the molecule is COc1ccc(-c2cc(C(F)F)n3ncc(C(=O)N4CCN(c5cc(Cl)ccc5C)CC4)c3n2)cc1. The molecule has 0 aliphatic carbocycles. The Labute approximate surface area is 211 Å². The van der Waals surface area contributed by atoms with Crippen LogP contribution in [-0.2, 0) is 0 Å². The molecule has 0 saturated carbocycles. The quantitative estimate of drug-likeness (QED) is 0.365. The van der Waals surface area contributed by atoms with Crippen molar-refractivity contribution in [1.82, 2.24) is 19.5 Å². The van der Waals surface area contributed by atoms with E-state index in [-0.39, 0.29) is 22.8 Å². The monoisotopic (exact) mass is 511 g/mol. The molecule has 1 aliphatic heterocycles. The van der Waals surface area contributed by atoms with E-state index in [1.807, 2.05) is 25.1 Å². The number of aromatic nitrogens is 3. The zero-order chi connectivity index (χ0) is 25.4. The summed E-state index contributed by atoms with van der Waals surface area (Å²) in [6.45, 7) is 4.22. The number of ether oxygens (including phenoxy) is 1. The largest absolute Gasteiger partial charge is 0.497 e. The predicted molar refractivity (Wildman–Crippen MR) is 134 cm³/mol. The van der Waals surface area contributed by atoms with E-state index in [2.05, 4.69) is 15.0 Å². The van der Waals surface area contributed by atoms with Gasteiger partial charge in [-0.25, -0.2) is 18.3 Å². The number of alkyl halides is 2. The summed E-state index contributed by atoms with van der Waals surface area (Å²) in [6, 6.07) is 14.0. The average Bonchev–Trinajstić information content (AvgIpc) is 3.33. The molecule has 10 heteroatoms. The molecule has 0 spiro atoms. The standard InChI is InChI=1S/C26H24ClF2N5O2/c1-16-3-6-18(27)13-22(16)32-9-11-33(12-10-32)26(35)20-15-30-34-23(24(28)29)14-21(31-25(20)34)17-4-7-19(36-2)8-5-17/h3-8,13-15,24H,9-12H2,1-2H3. The van der Waals surface area contributed by atoms with Crippen molar-refractivity contribution in [2.75, 3.05) is 38.2 Å². The summed E-state index contributed by atoms with van der Waals surface area (Å²) in [5.74, 6) is 0.355. The Morgan fingerprint density at radius 2 is 1.78 bits per heavy atom. The number of hydrogen-bond donors (Lipinski definition) is 0. The molecule has 1 saturated heterocycles. The van der Waals surface area contributed by atoms with Crippen LogP contribution >= 0.6 is 11.6 Å². The summed E-state index contributed by atoms with van der Waals surface area (Å²) in [5.41, 5.74) is 3.08. The van der Waals surface area contributed by atoms with Gasteiger partial charge >= 0.3 is 0 Å². The molecule has 0 unspecified atom stereocenters. The van der Waals surface area contributed by atoms with E-state index in [1.54, 1.807) is 36.3 Å². The maximum absolute atomic E-state index is 13.9. The number of benzene rings is 2. The van der Waals surface area contributed by atoms with Crippen molar-refractivity contribution in [3.8, 4) is 17.0 Å². The van der Waals surface area contributed by atoms with Crippen LogP contribution in [-0.4, -0.2) is 58.7 Å². The summed E-state index contributed by atoms with van der Waals surface area (Å²) in [4.78, 5) is 21.9. The first-order chi connectivity index (χ1) is 17.4. The van der Waals surface area contributed by atoms with Crippen molar-refractivity contribution in [3.63, 3.8) is 0 Å². The molecule has 2 aromatic carbocycles. The number of piperazine rings is 1. The van der Waals surface area contributed by atoms with Gasteiger partial charge in [0.05, 0.1) is 19.0 Å². The Balaban J connectivity index is 1.44. The second-order valence-electron chi connectivity index (χ2n) is 8.60. The highest BCUT2D eigenvalue weighted by molar-refractivity contribution is 6.30. The van der Waals surface area contributed by atoms with Gasteiger partial charge in [-0.2, -0.15) is 5.10 Å². The van der Waals surface area contributed by atoms with Crippen molar-refractivity contribution in [1.29, 1.82) is 0 Å². The van der Waals surface area contributed by atoms with Gasteiger partial charge in [0, 0.05) is 42.5 Å². The van der Waals surface area contributed by atoms with Crippen LogP contribution in [0.2, 0.25) is 5.02 Å². The summed E-state index contributed by atoms with van der Waals surface area (Å²) < 4.78 is 34.1. The summed E-state index contributed by atoms with van der Waals surface area (Å²) >= 11 is 6.18. The molecule has 186 valence electrons. The zero-order valence-electron chi connectivity index (χ0n) is 19.8. The fourth-order valence-electron chi connectivity index (χ4n) is 4.45. The Kier molecular flexibility index (Phi) is 6.49. The van der Waals surface area contributed by atoms with E-state index in [1.165, 1.54) is 12.3 Å². The first-order valence-electron chi connectivity index (χ1n) is 11.5. The number of halogens is 3. The normalized spacial score (nSPS) is 14.1. The van der Waals surface area contributed by atoms with Crippen molar-refractivity contribution in [2.24, 2.45) is 0 Å². The zero-order valence-corrected chi connectivity index (χ0v) is 20.5. The third-order valence-electron chi connectivity index (χ3n) is 6.42. The van der Waals surface area contributed by atoms with Crippen LogP contribution < -0.4 is 9.64 Å². The lowest BCUT2D eigenvalue weighted by Crippen LogP contribution is -2.49. The lowest BCUT2D eigenvalue weighted by molar-refractivity contribution is 0.0748. The van der Waals surface area contributed by atoms with Gasteiger partial charge < -0.3 is 14.5 Å². The minimum atomic E-state index is -2.79. The van der Waals surface area contributed by atoms with Crippen LogP contribution in [0.1, 0.15) is 28.0 Å². The molecule has 4 aromatic rings. The minimum absolute atomic E-state index is 0.108. The van der Waals surface area contributed by atoms with Crippen LogP contribution in [0.4, 0.5) is 14.5 Å². The fraction of sp³-hybridized carbons (Fsp3) is 0.269. The highest BCUT2D eigenvalue weighted by Gasteiger charge is 2.27. The second-order valence-corrected chi connectivity index (χ2v) is 9.04. The molecule has 0 N–H and O–H groups in total. The molecule has 5 rings (SSSR count). The summed E-state index contributed by atoms with van der Waals surface area (Å²) in [7, 11) is 1.55. The molecule has 2 aromatic heterocycles. The molecule has 0 atom stereocenters. The summed E-state index contributed by atoms with van der Waals surface area (Å²) in [5, 5.41) is 4.74. The predicted octanol–water partition coefficient (Wildman–Crippen LogP) is 5.27. The number of anilines is 1. The van der Waals surface area contributed by atoms with Gasteiger partial charge in [0.25, 0.3) is 12.3 Å². The number of amides is 1.